The number of hydrogen-bond donors (Lipinski definition) is 2. The van der Waals surface area contributed by atoms with Gasteiger partial charge in [-0.2, -0.15) is 9.49 Å². The number of pyridine rings is 1. The van der Waals surface area contributed by atoms with Crippen LogP contribution in [0.2, 0.25) is 0 Å². The van der Waals surface area contributed by atoms with E-state index in [0.717, 1.165) is 12.1 Å². The Hall–Kier alpha value is -1.95. The van der Waals surface area contributed by atoms with Crippen LogP contribution >= 0.6 is 12.4 Å². The maximum absolute atomic E-state index is 13.7. The Bertz CT molecular complexity index is 644. The molecular weight excluding hydrogens is 285 g/mol. The molecule has 0 bridgehead atoms. The van der Waals surface area contributed by atoms with Gasteiger partial charge in [0.25, 0.3) is 0 Å². The van der Waals surface area contributed by atoms with Crippen molar-refractivity contribution in [1.29, 1.82) is 0 Å². The van der Waals surface area contributed by atoms with Gasteiger partial charge in [-0.15, -0.1) is 12.4 Å². The van der Waals surface area contributed by atoms with Crippen LogP contribution in [0.4, 0.5) is 4.39 Å². The highest BCUT2D eigenvalue weighted by Crippen LogP contribution is 2.33. The highest BCUT2D eigenvalue weighted by atomic mass is 35.5. The number of aromatic nitrogens is 3. The summed E-state index contributed by atoms with van der Waals surface area (Å²) in [5, 5.41) is 15.6. The Kier molecular flexibility index (Phi) is 4.04. The van der Waals surface area contributed by atoms with Crippen LogP contribution in [0.15, 0.2) is 18.3 Å². The molecule has 5 nitrogen and oxygen atoms in total. The molecule has 1 aliphatic carbocycles. The Labute approximate surface area is 120 Å². The zero-order valence-electron chi connectivity index (χ0n) is 10.5. The third-order valence-electron chi connectivity index (χ3n) is 3.58. The molecule has 0 saturated carbocycles. The fourth-order valence-corrected chi connectivity index (χ4v) is 2.64. The van der Waals surface area contributed by atoms with E-state index in [9.17, 15) is 9.18 Å². The van der Waals surface area contributed by atoms with Crippen molar-refractivity contribution in [1.82, 2.24) is 15.2 Å². The van der Waals surface area contributed by atoms with Gasteiger partial charge in [0.05, 0.1) is 0 Å². The molecule has 106 valence electrons. The average molecular weight is 298 g/mol. The Morgan fingerprint density at radius 2 is 2.30 bits per heavy atom. The van der Waals surface area contributed by atoms with Gasteiger partial charge in [0.15, 0.2) is 5.69 Å². The van der Waals surface area contributed by atoms with Gasteiger partial charge in [0, 0.05) is 23.0 Å². The number of aromatic amines is 1. The fraction of sp³-hybridized carbons (Fsp3) is 0.308. The molecule has 7 heteroatoms. The molecule has 20 heavy (non-hydrogen) atoms. The lowest BCUT2D eigenvalue weighted by Gasteiger charge is -2.22. The smallest absolute Gasteiger partial charge is 0.356 e. The van der Waals surface area contributed by atoms with E-state index in [2.05, 4.69) is 15.2 Å². The number of hydrogen-bond acceptors (Lipinski definition) is 3. The van der Waals surface area contributed by atoms with E-state index in [1.807, 2.05) is 0 Å². The van der Waals surface area contributed by atoms with Crippen molar-refractivity contribution in [2.45, 2.75) is 25.2 Å². The van der Waals surface area contributed by atoms with Crippen molar-refractivity contribution in [3.05, 3.63) is 46.8 Å². The van der Waals surface area contributed by atoms with Gasteiger partial charge in [-0.05, 0) is 31.2 Å². The zero-order chi connectivity index (χ0) is 13.4. The number of halogens is 2. The van der Waals surface area contributed by atoms with Crippen LogP contribution in [0.1, 0.15) is 39.6 Å². The summed E-state index contributed by atoms with van der Waals surface area (Å²) in [6.45, 7) is 0. The van der Waals surface area contributed by atoms with E-state index < -0.39 is 11.9 Å². The molecule has 1 unspecified atom stereocenters. The fourth-order valence-electron chi connectivity index (χ4n) is 2.64. The van der Waals surface area contributed by atoms with Crippen LogP contribution in [0.3, 0.4) is 0 Å². The largest absolute Gasteiger partial charge is 0.476 e. The third kappa shape index (κ3) is 2.38. The third-order valence-corrected chi connectivity index (χ3v) is 3.58. The summed E-state index contributed by atoms with van der Waals surface area (Å²) in [4.78, 5) is 14.7. The minimum Gasteiger partial charge on any atom is -0.476 e. The molecule has 2 aromatic heterocycles. The maximum Gasteiger partial charge on any atom is 0.356 e. The topological polar surface area (TPSA) is 78.9 Å². The molecule has 0 spiro atoms. The summed E-state index contributed by atoms with van der Waals surface area (Å²) in [7, 11) is 0. The molecular formula is C13H13ClFN3O2. The van der Waals surface area contributed by atoms with Crippen LogP contribution in [0.25, 0.3) is 0 Å². The van der Waals surface area contributed by atoms with Crippen LogP contribution in [0, 0.1) is 5.95 Å². The maximum atomic E-state index is 13.7. The van der Waals surface area contributed by atoms with Gasteiger partial charge >= 0.3 is 5.97 Å². The van der Waals surface area contributed by atoms with Crippen molar-refractivity contribution in [3.8, 4) is 0 Å². The lowest BCUT2D eigenvalue weighted by molar-refractivity contribution is 0.0689. The molecule has 0 saturated heterocycles. The molecule has 1 aliphatic rings. The molecule has 1 atom stereocenters. The SMILES string of the molecule is Cl.O=C(O)c1n[nH]c2c1CC(c1cccnc1F)CC2. The van der Waals surface area contributed by atoms with Crippen molar-refractivity contribution in [2.24, 2.45) is 0 Å². The van der Waals surface area contributed by atoms with E-state index in [-0.39, 0.29) is 24.0 Å². The molecule has 0 fully saturated rings. The van der Waals surface area contributed by atoms with Gasteiger partial charge < -0.3 is 5.11 Å². The van der Waals surface area contributed by atoms with Crippen molar-refractivity contribution < 1.29 is 14.3 Å². The second kappa shape index (κ2) is 5.58. The van der Waals surface area contributed by atoms with E-state index in [0.29, 0.717) is 24.0 Å². The molecule has 2 aromatic rings. The predicted octanol–water partition coefficient (Wildman–Crippen LogP) is 2.34. The van der Waals surface area contributed by atoms with Crippen molar-refractivity contribution in [3.63, 3.8) is 0 Å². The highest BCUT2D eigenvalue weighted by Gasteiger charge is 2.28. The number of carboxylic acid groups (broad SMARTS) is 1. The molecule has 0 aromatic carbocycles. The van der Waals surface area contributed by atoms with E-state index in [1.54, 1.807) is 12.1 Å². The van der Waals surface area contributed by atoms with Crippen LogP contribution in [0.5, 0.6) is 0 Å². The van der Waals surface area contributed by atoms with Crippen molar-refractivity contribution in [2.75, 3.05) is 0 Å². The summed E-state index contributed by atoms with van der Waals surface area (Å²) >= 11 is 0. The number of H-pyrrole nitrogens is 1. The first-order chi connectivity index (χ1) is 9.16. The van der Waals surface area contributed by atoms with E-state index in [1.165, 1.54) is 6.20 Å². The quantitative estimate of drug-likeness (QED) is 0.834. The van der Waals surface area contributed by atoms with Gasteiger partial charge in [0.1, 0.15) is 0 Å². The summed E-state index contributed by atoms with van der Waals surface area (Å²) in [6, 6.07) is 3.40. The lowest BCUT2D eigenvalue weighted by atomic mass is 9.82. The first-order valence-corrected chi connectivity index (χ1v) is 6.06. The predicted molar refractivity (Wildman–Crippen MR) is 71.8 cm³/mol. The number of nitrogens with zero attached hydrogens (tertiary/aromatic N) is 2. The minimum absolute atomic E-state index is 0. The number of aromatic carboxylic acids is 1. The summed E-state index contributed by atoms with van der Waals surface area (Å²) in [6.07, 6.45) is 3.33. The van der Waals surface area contributed by atoms with E-state index in [4.69, 9.17) is 5.11 Å². The Morgan fingerprint density at radius 1 is 1.50 bits per heavy atom. The number of fused-ring (bicyclic) bond motifs is 1. The highest BCUT2D eigenvalue weighted by molar-refractivity contribution is 5.87. The van der Waals surface area contributed by atoms with Gasteiger partial charge in [-0.1, -0.05) is 6.07 Å². The number of carbonyl (C=O) groups is 1. The number of rotatable bonds is 2. The second-order valence-corrected chi connectivity index (χ2v) is 4.66. The number of aryl methyl sites for hydroxylation is 1. The minimum atomic E-state index is -1.05. The first-order valence-electron chi connectivity index (χ1n) is 6.06. The lowest BCUT2D eigenvalue weighted by Crippen LogP contribution is -2.16. The van der Waals surface area contributed by atoms with Crippen LogP contribution in [-0.4, -0.2) is 26.3 Å². The second-order valence-electron chi connectivity index (χ2n) is 4.66. The van der Waals surface area contributed by atoms with Crippen molar-refractivity contribution >= 4 is 18.4 Å². The Balaban J connectivity index is 0.00000147. The summed E-state index contributed by atoms with van der Waals surface area (Å²) in [5.74, 6) is -1.57. The molecule has 2 N–H and O–H groups in total. The Morgan fingerprint density at radius 3 is 3.00 bits per heavy atom. The summed E-state index contributed by atoms with van der Waals surface area (Å²) in [5.41, 5.74) is 2.12. The van der Waals surface area contributed by atoms with Gasteiger partial charge in [0.2, 0.25) is 5.95 Å². The normalized spacial score (nSPS) is 17.1. The van der Waals surface area contributed by atoms with E-state index >= 15 is 0 Å². The molecule has 0 aliphatic heterocycles. The number of nitrogens with one attached hydrogen (secondary N) is 1. The molecule has 2 heterocycles. The van der Waals surface area contributed by atoms with Crippen LogP contribution in [-0.2, 0) is 12.8 Å². The van der Waals surface area contributed by atoms with Crippen LogP contribution < -0.4 is 0 Å². The standard InChI is InChI=1S/C13H12FN3O2.ClH/c14-12-8(2-1-5-15-12)7-3-4-10-9(6-7)11(13(18)19)17-16-10;/h1-2,5,7H,3-4,6H2,(H,16,17)(H,18,19);1H. The first kappa shape index (κ1) is 14.5. The van der Waals surface area contributed by atoms with Gasteiger partial charge in [-0.3, -0.25) is 5.10 Å². The molecule has 3 rings (SSSR count). The average Bonchev–Trinajstić information content (AvgIpc) is 2.82. The monoisotopic (exact) mass is 297 g/mol. The molecule has 0 amide bonds. The molecule has 0 radical (unpaired) electrons. The summed E-state index contributed by atoms with van der Waals surface area (Å²) < 4.78 is 13.7. The zero-order valence-corrected chi connectivity index (χ0v) is 11.3. The number of carboxylic acids is 1. The van der Waals surface area contributed by atoms with Gasteiger partial charge in [-0.25, -0.2) is 9.78 Å².